The van der Waals surface area contributed by atoms with E-state index in [4.69, 9.17) is 11.6 Å². The quantitative estimate of drug-likeness (QED) is 0.572. The molecule has 0 fully saturated rings. The van der Waals surface area contributed by atoms with Crippen molar-refractivity contribution in [2.45, 2.75) is 6.92 Å². The van der Waals surface area contributed by atoms with Gasteiger partial charge in [0.1, 0.15) is 0 Å². The van der Waals surface area contributed by atoms with E-state index in [2.05, 4.69) is 22.6 Å². The zero-order chi connectivity index (χ0) is 12.4. The molecule has 0 aliphatic rings. The average molecular weight is 357 g/mol. The Balaban J connectivity index is 2.40. The van der Waals surface area contributed by atoms with Crippen molar-refractivity contribution in [1.29, 1.82) is 0 Å². The third-order valence-corrected chi connectivity index (χ3v) is 4.03. The number of carbonyl (C=O) groups excluding carboxylic acids is 1. The van der Waals surface area contributed by atoms with Crippen LogP contribution in [0.4, 0.5) is 0 Å². The van der Waals surface area contributed by atoms with E-state index in [0.717, 1.165) is 9.13 Å². The largest absolute Gasteiger partial charge is 0.289 e. The van der Waals surface area contributed by atoms with Gasteiger partial charge < -0.3 is 0 Å². The van der Waals surface area contributed by atoms with E-state index in [1.54, 1.807) is 12.1 Å². The Bertz CT molecular complexity index is 578. The van der Waals surface area contributed by atoms with Gasteiger partial charge in [-0.05, 0) is 53.8 Å². The number of hydrogen-bond donors (Lipinski definition) is 0. The summed E-state index contributed by atoms with van der Waals surface area (Å²) in [5, 5.41) is 0.615. The van der Waals surface area contributed by atoms with Crippen LogP contribution in [0.1, 0.15) is 21.5 Å². The summed E-state index contributed by atoms with van der Waals surface area (Å²) in [5.74, 6) is 0.00648. The summed E-state index contributed by atoms with van der Waals surface area (Å²) in [5.41, 5.74) is 2.40. The molecule has 1 nitrogen and oxygen atoms in total. The Morgan fingerprint density at radius 1 is 1.12 bits per heavy atom. The molecular weight excluding hydrogens is 347 g/mol. The summed E-state index contributed by atoms with van der Waals surface area (Å²) in [6, 6.07) is 12.9. The van der Waals surface area contributed by atoms with Crippen molar-refractivity contribution in [2.75, 3.05) is 0 Å². The highest BCUT2D eigenvalue weighted by Gasteiger charge is 2.10. The second-order valence-electron chi connectivity index (χ2n) is 3.83. The Labute approximate surface area is 119 Å². The highest BCUT2D eigenvalue weighted by molar-refractivity contribution is 14.1. The van der Waals surface area contributed by atoms with Gasteiger partial charge in [0.2, 0.25) is 0 Å². The Hall–Kier alpha value is -0.870. The van der Waals surface area contributed by atoms with E-state index in [9.17, 15) is 4.79 Å². The predicted octanol–water partition coefficient (Wildman–Crippen LogP) is 4.48. The molecule has 0 aliphatic heterocycles. The van der Waals surface area contributed by atoms with Crippen LogP contribution < -0.4 is 0 Å². The first kappa shape index (κ1) is 12.6. The lowest BCUT2D eigenvalue weighted by Crippen LogP contribution is -2.01. The van der Waals surface area contributed by atoms with Gasteiger partial charge in [-0.25, -0.2) is 0 Å². The Kier molecular flexibility index (Phi) is 3.84. The molecule has 2 aromatic rings. The van der Waals surface area contributed by atoms with Crippen molar-refractivity contribution in [3.63, 3.8) is 0 Å². The van der Waals surface area contributed by atoms with Gasteiger partial charge in [0.15, 0.2) is 5.78 Å². The molecule has 2 aromatic carbocycles. The molecule has 0 bridgehead atoms. The first-order chi connectivity index (χ1) is 8.08. The van der Waals surface area contributed by atoms with Gasteiger partial charge in [0, 0.05) is 14.7 Å². The molecule has 17 heavy (non-hydrogen) atoms. The zero-order valence-corrected chi connectivity index (χ0v) is 12.1. The number of ketones is 1. The maximum Gasteiger partial charge on any atom is 0.193 e. The van der Waals surface area contributed by atoms with Crippen molar-refractivity contribution < 1.29 is 4.79 Å². The molecule has 0 heterocycles. The predicted molar refractivity (Wildman–Crippen MR) is 78.8 cm³/mol. The van der Waals surface area contributed by atoms with Crippen molar-refractivity contribution in [3.8, 4) is 0 Å². The van der Waals surface area contributed by atoms with Gasteiger partial charge in [-0.3, -0.25) is 4.79 Å². The highest BCUT2D eigenvalue weighted by Crippen LogP contribution is 2.21. The van der Waals surface area contributed by atoms with Gasteiger partial charge >= 0.3 is 0 Å². The average Bonchev–Trinajstić information content (AvgIpc) is 2.32. The summed E-state index contributed by atoms with van der Waals surface area (Å²) in [6.07, 6.45) is 0. The molecule has 0 saturated heterocycles. The van der Waals surface area contributed by atoms with Crippen LogP contribution in [0, 0.1) is 10.5 Å². The molecule has 3 heteroatoms. The molecule has 0 radical (unpaired) electrons. The summed E-state index contributed by atoms with van der Waals surface area (Å²) in [4.78, 5) is 12.2. The van der Waals surface area contributed by atoms with Gasteiger partial charge in [-0.1, -0.05) is 35.4 Å². The third kappa shape index (κ3) is 2.87. The lowest BCUT2D eigenvalue weighted by Gasteiger charge is -2.04. The summed E-state index contributed by atoms with van der Waals surface area (Å²) in [7, 11) is 0. The highest BCUT2D eigenvalue weighted by atomic mass is 127. The number of hydrogen-bond acceptors (Lipinski definition) is 1. The van der Waals surface area contributed by atoms with E-state index >= 15 is 0 Å². The topological polar surface area (TPSA) is 17.1 Å². The van der Waals surface area contributed by atoms with Gasteiger partial charge in [0.25, 0.3) is 0 Å². The van der Waals surface area contributed by atoms with Crippen LogP contribution in [-0.4, -0.2) is 5.78 Å². The Morgan fingerprint density at radius 3 is 2.47 bits per heavy atom. The fraction of sp³-hybridized carbons (Fsp3) is 0.0714. The Morgan fingerprint density at radius 2 is 1.82 bits per heavy atom. The third-order valence-electron chi connectivity index (χ3n) is 2.46. The van der Waals surface area contributed by atoms with Gasteiger partial charge in [0.05, 0.1) is 5.02 Å². The maximum absolute atomic E-state index is 12.2. The number of benzene rings is 2. The van der Waals surface area contributed by atoms with E-state index < -0.39 is 0 Å². The number of rotatable bonds is 2. The molecule has 0 amide bonds. The standard InChI is InChI=1S/C14H10ClIO/c1-9-3-2-4-10(7-9)14(17)11-5-6-13(16)12(15)8-11/h2-8H,1H3. The van der Waals surface area contributed by atoms with E-state index in [1.807, 2.05) is 37.3 Å². The SMILES string of the molecule is Cc1cccc(C(=O)c2ccc(I)c(Cl)c2)c1. The fourth-order valence-corrected chi connectivity index (χ4v) is 2.11. The molecule has 0 unspecified atom stereocenters. The van der Waals surface area contributed by atoms with E-state index in [-0.39, 0.29) is 5.78 Å². The lowest BCUT2D eigenvalue weighted by atomic mass is 10.0. The molecule has 0 N–H and O–H groups in total. The molecule has 0 spiro atoms. The number of halogens is 2. The lowest BCUT2D eigenvalue weighted by molar-refractivity contribution is 0.103. The van der Waals surface area contributed by atoms with Crippen LogP contribution in [-0.2, 0) is 0 Å². The van der Waals surface area contributed by atoms with Gasteiger partial charge in [-0.2, -0.15) is 0 Å². The van der Waals surface area contributed by atoms with Crippen LogP contribution in [0.3, 0.4) is 0 Å². The van der Waals surface area contributed by atoms with E-state index in [1.165, 1.54) is 0 Å². The molecule has 0 aromatic heterocycles. The molecule has 86 valence electrons. The van der Waals surface area contributed by atoms with Crippen LogP contribution in [0.5, 0.6) is 0 Å². The minimum absolute atomic E-state index is 0.00648. The first-order valence-corrected chi connectivity index (χ1v) is 6.60. The van der Waals surface area contributed by atoms with Gasteiger partial charge in [-0.15, -0.1) is 0 Å². The van der Waals surface area contributed by atoms with Crippen molar-refractivity contribution >= 4 is 40.0 Å². The summed E-state index contributed by atoms with van der Waals surface area (Å²) < 4.78 is 0.949. The molecule has 0 atom stereocenters. The monoisotopic (exact) mass is 356 g/mol. The minimum atomic E-state index is 0.00648. The summed E-state index contributed by atoms with van der Waals surface area (Å²) >= 11 is 8.16. The zero-order valence-electron chi connectivity index (χ0n) is 9.21. The van der Waals surface area contributed by atoms with Crippen molar-refractivity contribution in [3.05, 3.63) is 67.7 Å². The second-order valence-corrected chi connectivity index (χ2v) is 5.40. The van der Waals surface area contributed by atoms with Crippen molar-refractivity contribution in [2.24, 2.45) is 0 Å². The minimum Gasteiger partial charge on any atom is -0.289 e. The van der Waals surface area contributed by atoms with Crippen LogP contribution in [0.2, 0.25) is 5.02 Å². The van der Waals surface area contributed by atoms with Crippen molar-refractivity contribution in [1.82, 2.24) is 0 Å². The van der Waals surface area contributed by atoms with Crippen LogP contribution in [0.25, 0.3) is 0 Å². The van der Waals surface area contributed by atoms with Crippen LogP contribution >= 0.6 is 34.2 Å². The normalized spacial score (nSPS) is 10.3. The first-order valence-electron chi connectivity index (χ1n) is 5.14. The van der Waals surface area contributed by atoms with E-state index in [0.29, 0.717) is 16.1 Å². The number of carbonyl (C=O) groups is 1. The molecule has 0 aliphatic carbocycles. The molecular formula is C14H10ClIO. The maximum atomic E-state index is 12.2. The summed E-state index contributed by atoms with van der Waals surface area (Å²) in [6.45, 7) is 1.97. The second kappa shape index (κ2) is 5.19. The van der Waals surface area contributed by atoms with Crippen LogP contribution in [0.15, 0.2) is 42.5 Å². The molecule has 2 rings (SSSR count). The fourth-order valence-electron chi connectivity index (χ4n) is 1.59. The number of aryl methyl sites for hydroxylation is 1. The molecule has 0 saturated carbocycles. The smallest absolute Gasteiger partial charge is 0.193 e.